The first-order chi connectivity index (χ1) is 10.3. The van der Waals surface area contributed by atoms with Crippen LogP contribution in [0.1, 0.15) is 62.8 Å². The summed E-state index contributed by atoms with van der Waals surface area (Å²) in [6, 6.07) is 10.6. The maximum Gasteiger partial charge on any atom is 0.139 e. The molecular weight excluding hydrogens is 256 g/mol. The average Bonchev–Trinajstić information content (AvgIpc) is 3.35. The van der Waals surface area contributed by atoms with Crippen LogP contribution in [0.5, 0.6) is 0 Å². The number of carbonyl (C=O) groups excluding carboxylic acids is 1. The number of hydrogen-bond acceptors (Lipinski definition) is 1. The Kier molecular flexibility index (Phi) is 3.61. The van der Waals surface area contributed by atoms with Crippen LogP contribution >= 0.6 is 0 Å². The second-order valence-electron chi connectivity index (χ2n) is 7.58. The molecule has 1 aromatic rings. The highest BCUT2D eigenvalue weighted by molar-refractivity contribution is 5.87. The number of Topliss-reactive ketones (excluding diaryl/α,β-unsaturated/α-hetero) is 1. The van der Waals surface area contributed by atoms with Crippen LogP contribution < -0.4 is 0 Å². The Morgan fingerprint density at radius 1 is 0.857 bits per heavy atom. The molecule has 3 aliphatic carbocycles. The Balaban J connectivity index is 1.38. The minimum atomic E-state index is 0.345. The lowest BCUT2D eigenvalue weighted by Crippen LogP contribution is -2.32. The maximum atomic E-state index is 12.8. The summed E-state index contributed by atoms with van der Waals surface area (Å²) in [5.74, 6) is 3.69. The van der Waals surface area contributed by atoms with E-state index in [0.717, 1.165) is 18.3 Å². The first-order valence-electron chi connectivity index (χ1n) is 8.91. The van der Waals surface area contributed by atoms with E-state index in [1.54, 1.807) is 0 Å². The van der Waals surface area contributed by atoms with Crippen LogP contribution in [0.2, 0.25) is 0 Å². The Morgan fingerprint density at radius 3 is 2.43 bits per heavy atom. The van der Waals surface area contributed by atoms with Crippen LogP contribution in [0, 0.1) is 23.7 Å². The highest BCUT2D eigenvalue weighted by atomic mass is 16.1. The summed E-state index contributed by atoms with van der Waals surface area (Å²) >= 11 is 0. The second kappa shape index (κ2) is 5.59. The van der Waals surface area contributed by atoms with Crippen molar-refractivity contribution in [1.29, 1.82) is 0 Å². The summed E-state index contributed by atoms with van der Waals surface area (Å²) in [6.07, 6.45) is 10.5. The van der Waals surface area contributed by atoms with Gasteiger partial charge in [-0.25, -0.2) is 0 Å². The SMILES string of the molecule is O=C(C1CCC2CCCCC2C1)C1CC1c1ccccc1. The van der Waals surface area contributed by atoms with Crippen LogP contribution in [-0.2, 0) is 4.79 Å². The molecule has 5 unspecified atom stereocenters. The molecular formula is C20H26O. The summed E-state index contributed by atoms with van der Waals surface area (Å²) in [5, 5.41) is 0. The first kappa shape index (κ1) is 13.5. The molecule has 1 nitrogen and oxygen atoms in total. The number of benzene rings is 1. The van der Waals surface area contributed by atoms with Gasteiger partial charge in [0, 0.05) is 11.8 Å². The van der Waals surface area contributed by atoms with Crippen LogP contribution in [0.4, 0.5) is 0 Å². The summed E-state index contributed by atoms with van der Waals surface area (Å²) in [4.78, 5) is 12.8. The lowest BCUT2D eigenvalue weighted by molar-refractivity contribution is -0.126. The van der Waals surface area contributed by atoms with Crippen molar-refractivity contribution in [3.05, 3.63) is 35.9 Å². The van der Waals surface area contributed by atoms with Crippen LogP contribution in [0.25, 0.3) is 0 Å². The third-order valence-electron chi connectivity index (χ3n) is 6.33. The van der Waals surface area contributed by atoms with Crippen LogP contribution in [-0.4, -0.2) is 5.78 Å². The largest absolute Gasteiger partial charge is 0.299 e. The van der Waals surface area contributed by atoms with Gasteiger partial charge in [0.25, 0.3) is 0 Å². The minimum Gasteiger partial charge on any atom is -0.299 e. The second-order valence-corrected chi connectivity index (χ2v) is 7.58. The summed E-state index contributed by atoms with van der Waals surface area (Å²) in [7, 11) is 0. The average molecular weight is 282 g/mol. The topological polar surface area (TPSA) is 17.1 Å². The number of hydrogen-bond donors (Lipinski definition) is 0. The molecule has 3 fully saturated rings. The third-order valence-corrected chi connectivity index (χ3v) is 6.33. The molecule has 4 rings (SSSR count). The fourth-order valence-electron chi connectivity index (χ4n) is 5.01. The van der Waals surface area contributed by atoms with E-state index < -0.39 is 0 Å². The molecule has 1 aromatic carbocycles. The van der Waals surface area contributed by atoms with Gasteiger partial charge in [-0.15, -0.1) is 0 Å². The fourth-order valence-corrected chi connectivity index (χ4v) is 5.01. The first-order valence-corrected chi connectivity index (χ1v) is 8.91. The smallest absolute Gasteiger partial charge is 0.139 e. The number of fused-ring (bicyclic) bond motifs is 1. The van der Waals surface area contributed by atoms with Crippen molar-refractivity contribution < 1.29 is 4.79 Å². The molecule has 0 spiro atoms. The minimum absolute atomic E-state index is 0.345. The highest BCUT2D eigenvalue weighted by Crippen LogP contribution is 2.52. The zero-order chi connectivity index (χ0) is 14.2. The van der Waals surface area contributed by atoms with Gasteiger partial charge in [0.1, 0.15) is 5.78 Å². The van der Waals surface area contributed by atoms with Crippen molar-refractivity contribution in [3.8, 4) is 0 Å². The van der Waals surface area contributed by atoms with Gasteiger partial charge >= 0.3 is 0 Å². The Bertz CT molecular complexity index is 506. The molecule has 112 valence electrons. The number of carbonyl (C=O) groups is 1. The third kappa shape index (κ3) is 2.67. The molecule has 0 bridgehead atoms. The quantitative estimate of drug-likeness (QED) is 0.765. The monoisotopic (exact) mass is 282 g/mol. The highest BCUT2D eigenvalue weighted by Gasteiger charge is 2.47. The lowest BCUT2D eigenvalue weighted by Gasteiger charge is -2.38. The van der Waals surface area contributed by atoms with E-state index in [9.17, 15) is 4.79 Å². The molecule has 0 N–H and O–H groups in total. The Morgan fingerprint density at radius 2 is 1.62 bits per heavy atom. The Labute approximate surface area is 128 Å². The number of ketones is 1. The molecule has 0 aromatic heterocycles. The zero-order valence-corrected chi connectivity index (χ0v) is 12.8. The van der Waals surface area contributed by atoms with E-state index >= 15 is 0 Å². The molecule has 3 aliphatic rings. The van der Waals surface area contributed by atoms with E-state index in [-0.39, 0.29) is 0 Å². The molecule has 1 heteroatoms. The molecule has 5 atom stereocenters. The van der Waals surface area contributed by atoms with Crippen LogP contribution in [0.15, 0.2) is 30.3 Å². The molecule has 3 saturated carbocycles. The van der Waals surface area contributed by atoms with Crippen molar-refractivity contribution in [2.45, 2.75) is 57.3 Å². The van der Waals surface area contributed by atoms with Gasteiger partial charge in [-0.3, -0.25) is 4.79 Å². The molecule has 0 aliphatic heterocycles. The van der Waals surface area contributed by atoms with Gasteiger partial charge in [0.05, 0.1) is 0 Å². The van der Waals surface area contributed by atoms with Crippen molar-refractivity contribution in [1.82, 2.24) is 0 Å². The van der Waals surface area contributed by atoms with Crippen molar-refractivity contribution >= 4 is 5.78 Å². The van der Waals surface area contributed by atoms with Gasteiger partial charge in [0.15, 0.2) is 0 Å². The van der Waals surface area contributed by atoms with Gasteiger partial charge < -0.3 is 0 Å². The van der Waals surface area contributed by atoms with Gasteiger partial charge in [-0.2, -0.15) is 0 Å². The predicted octanol–water partition coefficient (Wildman–Crippen LogP) is 4.97. The van der Waals surface area contributed by atoms with Gasteiger partial charge in [-0.05, 0) is 49.0 Å². The van der Waals surface area contributed by atoms with E-state index in [0.29, 0.717) is 23.5 Å². The molecule has 21 heavy (non-hydrogen) atoms. The molecule has 0 radical (unpaired) electrons. The normalized spacial score (nSPS) is 38.6. The summed E-state index contributed by atoms with van der Waals surface area (Å²) in [5.41, 5.74) is 1.38. The fraction of sp³-hybridized carbons (Fsp3) is 0.650. The molecule has 0 heterocycles. The van der Waals surface area contributed by atoms with E-state index in [1.807, 2.05) is 0 Å². The van der Waals surface area contributed by atoms with Crippen molar-refractivity contribution in [3.63, 3.8) is 0 Å². The zero-order valence-electron chi connectivity index (χ0n) is 12.8. The van der Waals surface area contributed by atoms with E-state index in [1.165, 1.54) is 50.5 Å². The molecule has 0 saturated heterocycles. The van der Waals surface area contributed by atoms with Gasteiger partial charge in [0.2, 0.25) is 0 Å². The van der Waals surface area contributed by atoms with Crippen LogP contribution in [0.3, 0.4) is 0 Å². The lowest BCUT2D eigenvalue weighted by atomic mass is 9.66. The van der Waals surface area contributed by atoms with E-state index in [2.05, 4.69) is 30.3 Å². The van der Waals surface area contributed by atoms with E-state index in [4.69, 9.17) is 0 Å². The molecule has 0 amide bonds. The maximum absolute atomic E-state index is 12.8. The number of rotatable bonds is 3. The van der Waals surface area contributed by atoms with Gasteiger partial charge in [-0.1, -0.05) is 56.0 Å². The summed E-state index contributed by atoms with van der Waals surface area (Å²) in [6.45, 7) is 0. The van der Waals surface area contributed by atoms with Crippen molar-refractivity contribution in [2.24, 2.45) is 23.7 Å². The predicted molar refractivity (Wildman–Crippen MR) is 85.1 cm³/mol. The van der Waals surface area contributed by atoms with Crippen molar-refractivity contribution in [2.75, 3.05) is 0 Å². The summed E-state index contributed by atoms with van der Waals surface area (Å²) < 4.78 is 0. The Hall–Kier alpha value is -1.11. The standard InChI is InChI=1S/C20H26O/c21-20(19-13-18(19)15-7-2-1-3-8-15)17-11-10-14-6-4-5-9-16(14)12-17/h1-3,7-8,14,16-19H,4-6,9-13H2.